The van der Waals surface area contributed by atoms with E-state index in [1.165, 1.54) is 13.8 Å². The van der Waals surface area contributed by atoms with Gasteiger partial charge in [0.05, 0.1) is 0 Å². The van der Waals surface area contributed by atoms with Gasteiger partial charge < -0.3 is 0 Å². The van der Waals surface area contributed by atoms with Gasteiger partial charge in [-0.3, -0.25) is 9.59 Å². The van der Waals surface area contributed by atoms with Crippen molar-refractivity contribution in [1.29, 1.82) is 0 Å². The molecule has 0 saturated carbocycles. The van der Waals surface area contributed by atoms with Crippen LogP contribution in [0.2, 0.25) is 0 Å². The molecule has 4 nitrogen and oxygen atoms in total. The quantitative estimate of drug-likeness (QED) is 0.295. The highest BCUT2D eigenvalue weighted by Crippen LogP contribution is 2.30. The summed E-state index contributed by atoms with van der Waals surface area (Å²) in [6.07, 6.45) is 0. The lowest BCUT2D eigenvalue weighted by Gasteiger charge is -1.92. The Hall–Kier alpha value is -0.740. The lowest BCUT2D eigenvalue weighted by atomic mass is 10.1. The highest BCUT2D eigenvalue weighted by Gasteiger charge is 2.59. The normalized spacial score (nSPS) is 21.1. The molecule has 0 atom stereocenters. The molecule has 0 spiro atoms. The third-order valence-electron chi connectivity index (χ3n) is 1.18. The third-order valence-corrected chi connectivity index (χ3v) is 1.18. The van der Waals surface area contributed by atoms with Crippen molar-refractivity contribution in [2.45, 2.75) is 19.6 Å². The van der Waals surface area contributed by atoms with Crippen molar-refractivity contribution in [2.75, 3.05) is 0 Å². The molecule has 1 rings (SSSR count). The fourth-order valence-electron chi connectivity index (χ4n) is 0.524. The van der Waals surface area contributed by atoms with Gasteiger partial charge >= 0.3 is 5.79 Å². The first-order valence-electron chi connectivity index (χ1n) is 2.48. The Morgan fingerprint density at radius 1 is 1.11 bits per heavy atom. The van der Waals surface area contributed by atoms with E-state index in [0.29, 0.717) is 0 Å². The molecule has 0 aromatic heterocycles. The molecule has 0 aliphatic carbocycles. The molecule has 0 N–H and O–H groups in total. The van der Waals surface area contributed by atoms with Crippen molar-refractivity contribution in [3.05, 3.63) is 0 Å². The van der Waals surface area contributed by atoms with E-state index in [1.807, 2.05) is 0 Å². The van der Waals surface area contributed by atoms with E-state index in [2.05, 4.69) is 9.78 Å². The van der Waals surface area contributed by atoms with E-state index in [9.17, 15) is 9.59 Å². The van der Waals surface area contributed by atoms with Crippen LogP contribution in [0.4, 0.5) is 0 Å². The maximum atomic E-state index is 10.5. The highest BCUT2D eigenvalue weighted by atomic mass is 17.4. The molecule has 1 aliphatic heterocycles. The first kappa shape index (κ1) is 6.38. The number of hydrogen-bond acceptors (Lipinski definition) is 4. The summed E-state index contributed by atoms with van der Waals surface area (Å²) in [6.45, 7) is 2.49. The van der Waals surface area contributed by atoms with Crippen LogP contribution in [0, 0.1) is 0 Å². The zero-order valence-electron chi connectivity index (χ0n) is 5.13. The molecule has 1 fully saturated rings. The molecule has 0 aromatic carbocycles. The monoisotopic (exact) mass is 130 g/mol. The Morgan fingerprint density at radius 2 is 1.44 bits per heavy atom. The van der Waals surface area contributed by atoms with Crippen LogP contribution in [0.5, 0.6) is 0 Å². The Kier molecular flexibility index (Phi) is 1.15. The maximum Gasteiger partial charge on any atom is 0.347 e. The van der Waals surface area contributed by atoms with E-state index in [1.54, 1.807) is 0 Å². The van der Waals surface area contributed by atoms with E-state index in [0.717, 1.165) is 0 Å². The standard InChI is InChI=1S/C5H6O4/c1-3(6)5(4(2)7)8-9-5/h1-2H3. The van der Waals surface area contributed by atoms with Crippen LogP contribution >= 0.6 is 0 Å². The predicted octanol–water partition coefficient (Wildman–Crippen LogP) is -0.177. The second-order valence-corrected chi connectivity index (χ2v) is 1.90. The topological polar surface area (TPSA) is 59.2 Å². The Balaban J connectivity index is 2.75. The molecule has 0 amide bonds. The number of rotatable bonds is 2. The van der Waals surface area contributed by atoms with Crippen LogP contribution < -0.4 is 0 Å². The molecule has 50 valence electrons. The van der Waals surface area contributed by atoms with Gasteiger partial charge in [-0.1, -0.05) is 0 Å². The summed E-state index contributed by atoms with van der Waals surface area (Å²) >= 11 is 0. The summed E-state index contributed by atoms with van der Waals surface area (Å²) in [4.78, 5) is 29.4. The van der Waals surface area contributed by atoms with Gasteiger partial charge in [-0.25, -0.2) is 0 Å². The molecule has 0 aromatic rings. The largest absolute Gasteiger partial charge is 0.347 e. The Labute approximate surface area is 51.7 Å². The van der Waals surface area contributed by atoms with Gasteiger partial charge in [-0.05, 0) is 0 Å². The minimum Gasteiger partial charge on any atom is -0.293 e. The number of carbonyl (C=O) groups is 2. The third kappa shape index (κ3) is 0.760. The highest BCUT2D eigenvalue weighted by molar-refractivity contribution is 6.08. The molecule has 4 heteroatoms. The van der Waals surface area contributed by atoms with Gasteiger partial charge in [0, 0.05) is 13.8 Å². The van der Waals surface area contributed by atoms with Gasteiger partial charge in [0.15, 0.2) is 0 Å². The second kappa shape index (κ2) is 1.62. The van der Waals surface area contributed by atoms with Crippen molar-refractivity contribution in [3.63, 3.8) is 0 Å². The molecular weight excluding hydrogens is 124 g/mol. The van der Waals surface area contributed by atoms with Crippen molar-refractivity contribution in [3.8, 4) is 0 Å². The molecule has 0 radical (unpaired) electrons. The smallest absolute Gasteiger partial charge is 0.293 e. The van der Waals surface area contributed by atoms with E-state index in [4.69, 9.17) is 0 Å². The van der Waals surface area contributed by atoms with Gasteiger partial charge in [0.2, 0.25) is 11.6 Å². The second-order valence-electron chi connectivity index (χ2n) is 1.90. The van der Waals surface area contributed by atoms with Crippen molar-refractivity contribution < 1.29 is 19.4 Å². The molecule has 0 bridgehead atoms. The van der Waals surface area contributed by atoms with Crippen molar-refractivity contribution in [2.24, 2.45) is 0 Å². The van der Waals surface area contributed by atoms with Crippen LogP contribution in [0.15, 0.2) is 0 Å². The van der Waals surface area contributed by atoms with Crippen LogP contribution in [-0.2, 0) is 19.4 Å². The van der Waals surface area contributed by atoms with Gasteiger partial charge in [-0.15, -0.1) is 0 Å². The van der Waals surface area contributed by atoms with E-state index < -0.39 is 17.4 Å². The zero-order valence-corrected chi connectivity index (χ0v) is 5.13. The summed E-state index contributed by atoms with van der Waals surface area (Å²) < 4.78 is 0. The van der Waals surface area contributed by atoms with E-state index in [-0.39, 0.29) is 0 Å². The zero-order chi connectivity index (χ0) is 7.07. The average Bonchev–Trinajstić information content (AvgIpc) is 2.40. The number of carbonyl (C=O) groups excluding carboxylic acids is 2. The first-order valence-corrected chi connectivity index (χ1v) is 2.48. The molecule has 1 heterocycles. The molecule has 0 unspecified atom stereocenters. The molecule has 1 aliphatic rings. The fraction of sp³-hybridized carbons (Fsp3) is 0.600. The molecular formula is C5H6O4. The Bertz CT molecular complexity index is 152. The summed E-state index contributed by atoms with van der Waals surface area (Å²) in [6, 6.07) is 0. The minimum absolute atomic E-state index is 0.407. The Morgan fingerprint density at radius 3 is 1.44 bits per heavy atom. The van der Waals surface area contributed by atoms with Crippen LogP contribution in [0.25, 0.3) is 0 Å². The lowest BCUT2D eigenvalue weighted by Crippen LogP contribution is -2.29. The van der Waals surface area contributed by atoms with Gasteiger partial charge in [0.25, 0.3) is 0 Å². The lowest BCUT2D eigenvalue weighted by molar-refractivity contribution is -0.133. The predicted molar refractivity (Wildman–Crippen MR) is 26.3 cm³/mol. The number of hydrogen-bond donors (Lipinski definition) is 0. The van der Waals surface area contributed by atoms with Crippen molar-refractivity contribution in [1.82, 2.24) is 0 Å². The van der Waals surface area contributed by atoms with Crippen LogP contribution in [0.1, 0.15) is 13.8 Å². The summed E-state index contributed by atoms with van der Waals surface area (Å²) in [5, 5.41) is 0. The SMILES string of the molecule is CC(=O)C1(C(C)=O)OO1. The summed E-state index contributed by atoms with van der Waals surface area (Å²) in [5.41, 5.74) is 0. The number of ketones is 2. The minimum atomic E-state index is -1.53. The fourth-order valence-corrected chi connectivity index (χ4v) is 0.524. The molecule has 1 saturated heterocycles. The summed E-state index contributed by atoms with van der Waals surface area (Å²) in [5.74, 6) is -2.34. The van der Waals surface area contributed by atoms with Gasteiger partial charge in [0.1, 0.15) is 0 Å². The van der Waals surface area contributed by atoms with Gasteiger partial charge in [-0.2, -0.15) is 9.78 Å². The average molecular weight is 130 g/mol. The first-order chi connectivity index (χ1) is 4.09. The van der Waals surface area contributed by atoms with Crippen LogP contribution in [-0.4, -0.2) is 17.4 Å². The van der Waals surface area contributed by atoms with E-state index >= 15 is 0 Å². The molecule has 9 heavy (non-hydrogen) atoms. The van der Waals surface area contributed by atoms with Crippen molar-refractivity contribution >= 4 is 11.6 Å². The van der Waals surface area contributed by atoms with Crippen LogP contribution in [0.3, 0.4) is 0 Å². The maximum absolute atomic E-state index is 10.5. The number of Topliss-reactive ketones (excluding diaryl/α,β-unsaturated/α-hetero) is 2. The summed E-state index contributed by atoms with van der Waals surface area (Å²) in [7, 11) is 0.